The second-order valence-electron chi connectivity index (χ2n) is 4.82. The van der Waals surface area contributed by atoms with Crippen molar-refractivity contribution in [2.45, 2.75) is 32.4 Å². The molecule has 0 fully saturated rings. The lowest BCUT2D eigenvalue weighted by Gasteiger charge is -2.15. The molecule has 7 heteroatoms. The SMILES string of the molecule is CC(Cc1ccc(Cl)cc1Cl)NC(=O)CCn1ccnn1. The van der Waals surface area contributed by atoms with E-state index in [1.165, 1.54) is 0 Å². The molecule has 0 spiro atoms. The molecule has 21 heavy (non-hydrogen) atoms. The standard InChI is InChI=1S/C14H16Cl2N4O/c1-10(8-11-2-3-12(15)9-13(11)16)18-14(21)4-6-20-7-5-17-19-20/h2-3,5,7,9-10H,4,6,8H2,1H3,(H,18,21). The zero-order valence-corrected chi connectivity index (χ0v) is 13.1. The summed E-state index contributed by atoms with van der Waals surface area (Å²) >= 11 is 12.0. The van der Waals surface area contributed by atoms with Gasteiger partial charge in [-0.05, 0) is 31.0 Å². The molecular weight excluding hydrogens is 311 g/mol. The summed E-state index contributed by atoms with van der Waals surface area (Å²) in [6.45, 7) is 2.46. The molecule has 0 saturated carbocycles. The van der Waals surface area contributed by atoms with Crippen LogP contribution in [0.5, 0.6) is 0 Å². The van der Waals surface area contributed by atoms with Crippen LogP contribution >= 0.6 is 23.2 Å². The maximum atomic E-state index is 11.9. The Bertz CT molecular complexity index is 601. The van der Waals surface area contributed by atoms with E-state index in [9.17, 15) is 4.79 Å². The van der Waals surface area contributed by atoms with Crippen molar-refractivity contribution in [1.29, 1.82) is 0 Å². The molecular formula is C14H16Cl2N4O. The second kappa shape index (κ2) is 7.43. The molecule has 5 nitrogen and oxygen atoms in total. The van der Waals surface area contributed by atoms with Gasteiger partial charge in [0, 0.05) is 28.7 Å². The third kappa shape index (κ3) is 5.02. The predicted octanol–water partition coefficient (Wildman–Crippen LogP) is 2.72. The maximum Gasteiger partial charge on any atom is 0.222 e. The van der Waals surface area contributed by atoms with Crippen molar-refractivity contribution in [3.05, 3.63) is 46.2 Å². The lowest BCUT2D eigenvalue weighted by Crippen LogP contribution is -2.34. The van der Waals surface area contributed by atoms with Gasteiger partial charge in [0.05, 0.1) is 12.7 Å². The van der Waals surface area contributed by atoms with E-state index in [2.05, 4.69) is 15.6 Å². The van der Waals surface area contributed by atoms with Gasteiger partial charge in [0.25, 0.3) is 0 Å². The molecule has 2 rings (SSSR count). The van der Waals surface area contributed by atoms with Gasteiger partial charge in [0.2, 0.25) is 5.91 Å². The van der Waals surface area contributed by atoms with E-state index in [1.54, 1.807) is 29.2 Å². The highest BCUT2D eigenvalue weighted by molar-refractivity contribution is 6.35. The van der Waals surface area contributed by atoms with Crippen LogP contribution in [0.25, 0.3) is 0 Å². The fourth-order valence-electron chi connectivity index (χ4n) is 1.98. The van der Waals surface area contributed by atoms with E-state index in [4.69, 9.17) is 23.2 Å². The van der Waals surface area contributed by atoms with Crippen molar-refractivity contribution in [1.82, 2.24) is 20.3 Å². The summed E-state index contributed by atoms with van der Waals surface area (Å²) in [4.78, 5) is 11.9. The van der Waals surface area contributed by atoms with Crippen LogP contribution in [0.1, 0.15) is 18.9 Å². The molecule has 0 aliphatic carbocycles. The first kappa shape index (κ1) is 15.8. The molecule has 0 aliphatic heterocycles. The number of aromatic nitrogens is 3. The Balaban J connectivity index is 1.80. The third-order valence-electron chi connectivity index (χ3n) is 2.99. The van der Waals surface area contributed by atoms with Crippen LogP contribution in [-0.4, -0.2) is 26.9 Å². The molecule has 2 aromatic rings. The molecule has 0 radical (unpaired) electrons. The molecule has 1 unspecified atom stereocenters. The van der Waals surface area contributed by atoms with Crippen LogP contribution in [0, 0.1) is 0 Å². The Morgan fingerprint density at radius 1 is 1.43 bits per heavy atom. The first-order valence-corrected chi connectivity index (χ1v) is 7.37. The number of carbonyl (C=O) groups excluding carboxylic acids is 1. The lowest BCUT2D eigenvalue weighted by atomic mass is 10.1. The molecule has 1 heterocycles. The molecule has 0 bridgehead atoms. The molecule has 1 aromatic carbocycles. The average Bonchev–Trinajstić information content (AvgIpc) is 2.93. The van der Waals surface area contributed by atoms with Crippen molar-refractivity contribution in [3.63, 3.8) is 0 Å². The monoisotopic (exact) mass is 326 g/mol. The van der Waals surface area contributed by atoms with E-state index in [0.717, 1.165) is 5.56 Å². The highest BCUT2D eigenvalue weighted by Gasteiger charge is 2.10. The minimum absolute atomic E-state index is 0.00748. The topological polar surface area (TPSA) is 59.8 Å². The molecule has 0 aliphatic rings. The fourth-order valence-corrected chi connectivity index (χ4v) is 2.47. The fraction of sp³-hybridized carbons (Fsp3) is 0.357. The first-order chi connectivity index (χ1) is 10.0. The lowest BCUT2D eigenvalue weighted by molar-refractivity contribution is -0.121. The molecule has 1 atom stereocenters. The van der Waals surface area contributed by atoms with Gasteiger partial charge in [-0.3, -0.25) is 9.48 Å². The number of hydrogen-bond acceptors (Lipinski definition) is 3. The van der Waals surface area contributed by atoms with E-state index >= 15 is 0 Å². The normalized spacial score (nSPS) is 12.1. The maximum absolute atomic E-state index is 11.9. The van der Waals surface area contributed by atoms with E-state index in [0.29, 0.717) is 29.4 Å². The van der Waals surface area contributed by atoms with Crippen LogP contribution < -0.4 is 5.32 Å². The van der Waals surface area contributed by atoms with Crippen LogP contribution in [0.4, 0.5) is 0 Å². The molecule has 0 saturated heterocycles. The zero-order valence-electron chi connectivity index (χ0n) is 11.6. The minimum Gasteiger partial charge on any atom is -0.353 e. The largest absolute Gasteiger partial charge is 0.353 e. The summed E-state index contributed by atoms with van der Waals surface area (Å²) < 4.78 is 1.63. The summed E-state index contributed by atoms with van der Waals surface area (Å²) in [5, 5.41) is 11.7. The van der Waals surface area contributed by atoms with Gasteiger partial charge >= 0.3 is 0 Å². The molecule has 1 amide bonds. The molecule has 1 N–H and O–H groups in total. The summed E-state index contributed by atoms with van der Waals surface area (Å²) in [6, 6.07) is 5.37. The Kier molecular flexibility index (Phi) is 5.59. The van der Waals surface area contributed by atoms with Gasteiger partial charge in [-0.25, -0.2) is 0 Å². The summed E-state index contributed by atoms with van der Waals surface area (Å²) in [6.07, 6.45) is 4.33. The number of benzene rings is 1. The number of amides is 1. The van der Waals surface area contributed by atoms with Gasteiger partial charge in [0.1, 0.15) is 0 Å². The van der Waals surface area contributed by atoms with Crippen molar-refractivity contribution >= 4 is 29.1 Å². The third-order valence-corrected chi connectivity index (χ3v) is 3.58. The average molecular weight is 327 g/mol. The van der Waals surface area contributed by atoms with E-state index in [-0.39, 0.29) is 11.9 Å². The van der Waals surface area contributed by atoms with Gasteiger partial charge in [-0.1, -0.05) is 34.5 Å². The highest BCUT2D eigenvalue weighted by Crippen LogP contribution is 2.22. The number of nitrogens with one attached hydrogen (secondary N) is 1. The second-order valence-corrected chi connectivity index (χ2v) is 5.67. The minimum atomic E-state index is -0.0249. The molecule has 112 valence electrons. The summed E-state index contributed by atoms with van der Waals surface area (Å²) in [5.74, 6) is -0.0249. The van der Waals surface area contributed by atoms with E-state index < -0.39 is 0 Å². The Labute approximate surface area is 133 Å². The quantitative estimate of drug-likeness (QED) is 0.887. The van der Waals surface area contributed by atoms with Crippen LogP contribution in [0.3, 0.4) is 0 Å². The van der Waals surface area contributed by atoms with Crippen molar-refractivity contribution in [3.8, 4) is 0 Å². The van der Waals surface area contributed by atoms with Crippen molar-refractivity contribution in [2.75, 3.05) is 0 Å². The van der Waals surface area contributed by atoms with Crippen LogP contribution in [0.2, 0.25) is 10.0 Å². The Hall–Kier alpha value is -1.59. The predicted molar refractivity (Wildman–Crippen MR) is 82.4 cm³/mol. The number of rotatable bonds is 6. The number of aryl methyl sites for hydroxylation is 1. The number of hydrogen-bond donors (Lipinski definition) is 1. The zero-order chi connectivity index (χ0) is 15.2. The number of carbonyl (C=O) groups is 1. The molecule has 1 aromatic heterocycles. The van der Waals surface area contributed by atoms with Crippen LogP contribution in [0.15, 0.2) is 30.6 Å². The van der Waals surface area contributed by atoms with E-state index in [1.807, 2.05) is 13.0 Å². The van der Waals surface area contributed by atoms with Gasteiger partial charge in [-0.2, -0.15) is 0 Å². The smallest absolute Gasteiger partial charge is 0.222 e. The van der Waals surface area contributed by atoms with Gasteiger partial charge < -0.3 is 5.32 Å². The number of nitrogens with zero attached hydrogens (tertiary/aromatic N) is 3. The van der Waals surface area contributed by atoms with Crippen molar-refractivity contribution < 1.29 is 4.79 Å². The van der Waals surface area contributed by atoms with Crippen LogP contribution in [-0.2, 0) is 17.8 Å². The Morgan fingerprint density at radius 3 is 2.90 bits per heavy atom. The van der Waals surface area contributed by atoms with Gasteiger partial charge in [-0.15, -0.1) is 5.10 Å². The first-order valence-electron chi connectivity index (χ1n) is 6.62. The highest BCUT2D eigenvalue weighted by atomic mass is 35.5. The number of halogens is 2. The summed E-state index contributed by atoms with van der Waals surface area (Å²) in [7, 11) is 0. The Morgan fingerprint density at radius 2 is 2.24 bits per heavy atom. The summed E-state index contributed by atoms with van der Waals surface area (Å²) in [5.41, 5.74) is 0.963. The van der Waals surface area contributed by atoms with Gasteiger partial charge in [0.15, 0.2) is 0 Å². The van der Waals surface area contributed by atoms with Crippen molar-refractivity contribution in [2.24, 2.45) is 0 Å².